The third kappa shape index (κ3) is 2.10. The number of thiophene rings is 1. The van der Waals surface area contributed by atoms with Crippen molar-refractivity contribution in [3.05, 3.63) is 33.8 Å². The molecule has 0 radical (unpaired) electrons. The monoisotopic (exact) mass is 300 g/mol. The van der Waals surface area contributed by atoms with Gasteiger partial charge in [-0.2, -0.15) is 0 Å². The van der Waals surface area contributed by atoms with Crippen LogP contribution in [0, 0.1) is 13.8 Å². The maximum absolute atomic E-state index is 4.98. The molecule has 3 heterocycles. The minimum absolute atomic E-state index is 0.624. The van der Waals surface area contributed by atoms with Crippen molar-refractivity contribution < 1.29 is 4.52 Å². The normalized spacial score (nSPS) is 13.8. The highest BCUT2D eigenvalue weighted by molar-refractivity contribution is 7.19. The van der Waals surface area contributed by atoms with Gasteiger partial charge in [-0.1, -0.05) is 5.16 Å². The van der Waals surface area contributed by atoms with Gasteiger partial charge in [0.2, 0.25) is 0 Å². The van der Waals surface area contributed by atoms with Crippen molar-refractivity contribution in [3.63, 3.8) is 0 Å². The lowest BCUT2D eigenvalue weighted by Crippen LogP contribution is -2.05. The van der Waals surface area contributed by atoms with Gasteiger partial charge >= 0.3 is 0 Å². The van der Waals surface area contributed by atoms with E-state index in [0.717, 1.165) is 34.2 Å². The molecule has 0 saturated carbocycles. The number of aryl methyl sites for hydroxylation is 4. The Hall–Kier alpha value is -1.95. The van der Waals surface area contributed by atoms with E-state index in [0.29, 0.717) is 6.54 Å². The van der Waals surface area contributed by atoms with Crippen molar-refractivity contribution in [2.45, 2.75) is 39.7 Å². The van der Waals surface area contributed by atoms with Crippen LogP contribution in [0.25, 0.3) is 10.2 Å². The Bertz CT molecular complexity index is 821. The Morgan fingerprint density at radius 3 is 3.00 bits per heavy atom. The quantitative estimate of drug-likeness (QED) is 0.803. The van der Waals surface area contributed by atoms with Crippen molar-refractivity contribution in [3.8, 4) is 0 Å². The average Bonchev–Trinajstić information content (AvgIpc) is 3.11. The number of anilines is 1. The van der Waals surface area contributed by atoms with Crippen LogP contribution in [0.2, 0.25) is 0 Å². The van der Waals surface area contributed by atoms with Gasteiger partial charge in [0.15, 0.2) is 0 Å². The van der Waals surface area contributed by atoms with Crippen molar-refractivity contribution in [2.75, 3.05) is 5.32 Å². The van der Waals surface area contributed by atoms with E-state index in [-0.39, 0.29) is 0 Å². The van der Waals surface area contributed by atoms with Gasteiger partial charge in [0.25, 0.3) is 0 Å². The molecular formula is C15H16N4OS. The number of nitrogens with one attached hydrogen (secondary N) is 1. The lowest BCUT2D eigenvalue weighted by Gasteiger charge is -2.07. The zero-order valence-corrected chi connectivity index (χ0v) is 12.9. The number of fused-ring (bicyclic) bond motifs is 3. The number of hydrogen-bond acceptors (Lipinski definition) is 6. The molecule has 0 aliphatic heterocycles. The molecule has 0 atom stereocenters. The van der Waals surface area contributed by atoms with Gasteiger partial charge in [0.05, 0.1) is 11.9 Å². The summed E-state index contributed by atoms with van der Waals surface area (Å²) in [4.78, 5) is 11.8. The van der Waals surface area contributed by atoms with Crippen LogP contribution in [0.3, 0.4) is 0 Å². The fraction of sp³-hybridized carbons (Fsp3) is 0.400. The van der Waals surface area contributed by atoms with Gasteiger partial charge in [0.1, 0.15) is 28.4 Å². The van der Waals surface area contributed by atoms with Crippen LogP contribution in [0.5, 0.6) is 0 Å². The minimum atomic E-state index is 0.624. The standard InChI is InChI=1S/C15H16N4OS/c1-8-7-20-19-11(8)6-16-14-13-10-4-3-5-12(10)21-15(13)18-9(2)17-14/h7H,3-6H2,1-2H3,(H,16,17,18). The molecular weight excluding hydrogens is 284 g/mol. The first-order chi connectivity index (χ1) is 10.2. The summed E-state index contributed by atoms with van der Waals surface area (Å²) in [6.45, 7) is 4.56. The fourth-order valence-electron chi connectivity index (χ4n) is 2.88. The number of rotatable bonds is 3. The largest absolute Gasteiger partial charge is 0.364 e. The molecule has 4 rings (SSSR count). The fourth-order valence-corrected chi connectivity index (χ4v) is 4.19. The SMILES string of the molecule is Cc1nc(NCc2nocc2C)c2c3c(sc2n1)CCC3. The molecule has 0 saturated heterocycles. The Balaban J connectivity index is 1.75. The van der Waals surface area contributed by atoms with Gasteiger partial charge < -0.3 is 9.84 Å². The van der Waals surface area contributed by atoms with Gasteiger partial charge in [-0.15, -0.1) is 11.3 Å². The Kier molecular flexibility index (Phi) is 2.92. The molecule has 1 aliphatic carbocycles. The van der Waals surface area contributed by atoms with Crippen molar-refractivity contribution in [1.29, 1.82) is 0 Å². The summed E-state index contributed by atoms with van der Waals surface area (Å²) in [5, 5.41) is 8.64. The number of hydrogen-bond donors (Lipinski definition) is 1. The van der Waals surface area contributed by atoms with E-state index in [2.05, 4.69) is 20.4 Å². The summed E-state index contributed by atoms with van der Waals surface area (Å²) < 4.78 is 4.98. The van der Waals surface area contributed by atoms with Crippen LogP contribution in [-0.4, -0.2) is 15.1 Å². The smallest absolute Gasteiger partial charge is 0.139 e. The van der Waals surface area contributed by atoms with Gasteiger partial charge in [-0.25, -0.2) is 9.97 Å². The van der Waals surface area contributed by atoms with Crippen LogP contribution >= 0.6 is 11.3 Å². The summed E-state index contributed by atoms with van der Waals surface area (Å²) in [5.41, 5.74) is 3.42. The molecule has 21 heavy (non-hydrogen) atoms. The Labute approximate surface area is 126 Å². The lowest BCUT2D eigenvalue weighted by molar-refractivity contribution is 0.412. The molecule has 0 amide bonds. The molecule has 0 unspecified atom stereocenters. The molecule has 6 heteroatoms. The van der Waals surface area contributed by atoms with Crippen LogP contribution in [0.15, 0.2) is 10.8 Å². The molecule has 108 valence electrons. The molecule has 0 spiro atoms. The minimum Gasteiger partial charge on any atom is -0.364 e. The molecule has 5 nitrogen and oxygen atoms in total. The second-order valence-corrected chi connectivity index (χ2v) is 6.54. The summed E-state index contributed by atoms with van der Waals surface area (Å²) in [6, 6.07) is 0. The molecule has 3 aromatic rings. The zero-order valence-electron chi connectivity index (χ0n) is 12.1. The maximum atomic E-state index is 4.98. The van der Waals surface area contributed by atoms with E-state index in [1.807, 2.05) is 25.2 Å². The maximum Gasteiger partial charge on any atom is 0.139 e. The van der Waals surface area contributed by atoms with Crippen LogP contribution in [-0.2, 0) is 19.4 Å². The van der Waals surface area contributed by atoms with Crippen LogP contribution in [0.1, 0.15) is 33.9 Å². The van der Waals surface area contributed by atoms with E-state index in [4.69, 9.17) is 4.52 Å². The summed E-state index contributed by atoms with van der Waals surface area (Å²) >= 11 is 1.82. The zero-order chi connectivity index (χ0) is 14.4. The molecule has 0 aromatic carbocycles. The first kappa shape index (κ1) is 12.8. The van der Waals surface area contributed by atoms with E-state index in [9.17, 15) is 0 Å². The summed E-state index contributed by atoms with van der Waals surface area (Å²) in [6.07, 6.45) is 5.23. The molecule has 1 N–H and O–H groups in total. The first-order valence-electron chi connectivity index (χ1n) is 7.15. The Morgan fingerprint density at radius 1 is 1.29 bits per heavy atom. The average molecular weight is 300 g/mol. The highest BCUT2D eigenvalue weighted by atomic mass is 32.1. The van der Waals surface area contributed by atoms with Crippen molar-refractivity contribution >= 4 is 27.4 Å². The number of nitrogens with zero attached hydrogens (tertiary/aromatic N) is 3. The van der Waals surface area contributed by atoms with Crippen molar-refractivity contribution in [2.24, 2.45) is 0 Å². The predicted molar refractivity (Wildman–Crippen MR) is 82.7 cm³/mol. The highest BCUT2D eigenvalue weighted by Crippen LogP contribution is 2.39. The molecule has 0 fully saturated rings. The van der Waals surface area contributed by atoms with Gasteiger partial charge in [-0.05, 0) is 38.7 Å². The summed E-state index contributed by atoms with van der Waals surface area (Å²) in [5.74, 6) is 1.74. The third-order valence-electron chi connectivity index (χ3n) is 3.95. The van der Waals surface area contributed by atoms with E-state index < -0.39 is 0 Å². The first-order valence-corrected chi connectivity index (χ1v) is 7.96. The molecule has 3 aromatic heterocycles. The lowest BCUT2D eigenvalue weighted by atomic mass is 10.2. The number of aromatic nitrogens is 3. The van der Waals surface area contributed by atoms with Crippen LogP contribution in [0.4, 0.5) is 5.82 Å². The van der Waals surface area contributed by atoms with Gasteiger partial charge in [0, 0.05) is 10.4 Å². The van der Waals surface area contributed by atoms with E-state index in [1.54, 1.807) is 6.26 Å². The Morgan fingerprint density at radius 2 is 2.19 bits per heavy atom. The predicted octanol–water partition coefficient (Wildman–Crippen LogP) is 3.40. The topological polar surface area (TPSA) is 63.8 Å². The van der Waals surface area contributed by atoms with Gasteiger partial charge in [-0.3, -0.25) is 0 Å². The van der Waals surface area contributed by atoms with E-state index >= 15 is 0 Å². The second-order valence-electron chi connectivity index (χ2n) is 5.45. The molecule has 0 bridgehead atoms. The second kappa shape index (κ2) is 4.80. The summed E-state index contributed by atoms with van der Waals surface area (Å²) in [7, 11) is 0. The molecule has 1 aliphatic rings. The van der Waals surface area contributed by atoms with Crippen molar-refractivity contribution in [1.82, 2.24) is 15.1 Å². The third-order valence-corrected chi connectivity index (χ3v) is 5.13. The van der Waals surface area contributed by atoms with E-state index in [1.165, 1.54) is 28.7 Å². The van der Waals surface area contributed by atoms with Crippen LogP contribution < -0.4 is 5.32 Å². The highest BCUT2D eigenvalue weighted by Gasteiger charge is 2.21.